The number of carbonyl (C=O) groups excluding carboxylic acids is 2. The van der Waals surface area contributed by atoms with Crippen molar-refractivity contribution >= 4 is 28.3 Å². The fourth-order valence-corrected chi connectivity index (χ4v) is 5.08. The Hall–Kier alpha value is -2.19. The van der Waals surface area contributed by atoms with Crippen molar-refractivity contribution in [1.82, 2.24) is 9.97 Å². The van der Waals surface area contributed by atoms with E-state index in [1.807, 2.05) is 5.38 Å². The Morgan fingerprint density at radius 3 is 2.65 bits per heavy atom. The summed E-state index contributed by atoms with van der Waals surface area (Å²) in [5.74, 6) is 0.489. The first-order valence-electron chi connectivity index (χ1n) is 9.02. The molecule has 0 aromatic carbocycles. The molecule has 2 heterocycles. The Bertz CT molecular complexity index is 815. The summed E-state index contributed by atoms with van der Waals surface area (Å²) in [7, 11) is 0. The number of amides is 2. The third-order valence-electron chi connectivity index (χ3n) is 5.76. The van der Waals surface area contributed by atoms with Gasteiger partial charge in [0.05, 0.1) is 5.69 Å². The lowest BCUT2D eigenvalue weighted by Crippen LogP contribution is -2.48. The Morgan fingerprint density at radius 2 is 2.00 bits per heavy atom. The summed E-state index contributed by atoms with van der Waals surface area (Å²) in [6, 6.07) is 1.92. The number of anilines is 1. The molecule has 26 heavy (non-hydrogen) atoms. The number of H-pyrrole nitrogens is 1. The summed E-state index contributed by atoms with van der Waals surface area (Å²) in [6.45, 7) is 0. The van der Waals surface area contributed by atoms with Crippen LogP contribution in [0.3, 0.4) is 0 Å². The number of hydrogen-bond donors (Lipinski definition) is 4. The molecule has 6 N–H and O–H groups in total. The second-order valence-corrected chi connectivity index (χ2v) is 8.25. The van der Waals surface area contributed by atoms with E-state index in [0.29, 0.717) is 28.4 Å². The zero-order valence-corrected chi connectivity index (χ0v) is 15.2. The number of nitrogens with one attached hydrogen (secondary N) is 2. The highest BCUT2D eigenvalue weighted by Gasteiger charge is 2.40. The normalized spacial score (nSPS) is 27.9. The first kappa shape index (κ1) is 17.2. The zero-order valence-electron chi connectivity index (χ0n) is 14.4. The van der Waals surface area contributed by atoms with Crippen LogP contribution in [0.1, 0.15) is 42.6 Å². The standard InChI is InChI=1S/C18H23N5O2S/c19-15-9-2-1-3-10(15)5-11(4-9)17(25)23-18-22-14(8-26-18)12-6-13(16(20)24)21-7-12/h6-11,15,21H,1-5,19H2,(H2,20,24)(H,22,23,25). The molecule has 4 rings (SSSR count). The van der Waals surface area contributed by atoms with Gasteiger partial charge in [-0.2, -0.15) is 0 Å². The number of aromatic nitrogens is 2. The maximum absolute atomic E-state index is 12.7. The number of rotatable bonds is 4. The fourth-order valence-electron chi connectivity index (χ4n) is 4.36. The van der Waals surface area contributed by atoms with E-state index in [1.165, 1.54) is 17.8 Å². The molecule has 2 amide bonds. The number of aromatic amines is 1. The molecule has 2 unspecified atom stereocenters. The maximum Gasteiger partial charge on any atom is 0.265 e. The van der Waals surface area contributed by atoms with Gasteiger partial charge < -0.3 is 21.8 Å². The molecule has 2 aliphatic rings. The lowest BCUT2D eigenvalue weighted by Gasteiger charge is -2.43. The van der Waals surface area contributed by atoms with Gasteiger partial charge in [0, 0.05) is 29.1 Å². The van der Waals surface area contributed by atoms with Gasteiger partial charge in [0.2, 0.25) is 5.91 Å². The highest BCUT2D eigenvalue weighted by atomic mass is 32.1. The predicted octanol–water partition coefficient (Wildman–Crippen LogP) is 2.33. The van der Waals surface area contributed by atoms with Crippen molar-refractivity contribution in [1.29, 1.82) is 0 Å². The Kier molecular flexibility index (Phi) is 4.54. The van der Waals surface area contributed by atoms with Crippen LogP contribution in [0, 0.1) is 17.8 Å². The van der Waals surface area contributed by atoms with Gasteiger partial charge in [-0.1, -0.05) is 6.42 Å². The molecule has 0 aliphatic heterocycles. The third-order valence-corrected chi connectivity index (χ3v) is 6.52. The van der Waals surface area contributed by atoms with E-state index in [-0.39, 0.29) is 17.9 Å². The van der Waals surface area contributed by atoms with Gasteiger partial charge in [-0.3, -0.25) is 9.59 Å². The summed E-state index contributed by atoms with van der Waals surface area (Å²) in [5, 5.41) is 5.39. The van der Waals surface area contributed by atoms with E-state index < -0.39 is 5.91 Å². The third kappa shape index (κ3) is 3.26. The van der Waals surface area contributed by atoms with Crippen molar-refractivity contribution in [3.63, 3.8) is 0 Å². The summed E-state index contributed by atoms with van der Waals surface area (Å²) in [4.78, 5) is 31.2. The van der Waals surface area contributed by atoms with Crippen molar-refractivity contribution in [2.24, 2.45) is 29.2 Å². The molecule has 2 fully saturated rings. The predicted molar refractivity (Wildman–Crippen MR) is 101 cm³/mol. The summed E-state index contributed by atoms with van der Waals surface area (Å²) >= 11 is 1.38. The largest absolute Gasteiger partial charge is 0.364 e. The minimum atomic E-state index is -0.513. The van der Waals surface area contributed by atoms with Crippen LogP contribution in [0.15, 0.2) is 17.6 Å². The van der Waals surface area contributed by atoms with Crippen molar-refractivity contribution in [3.8, 4) is 11.3 Å². The smallest absolute Gasteiger partial charge is 0.265 e. The molecule has 2 aromatic rings. The molecule has 0 saturated heterocycles. The second-order valence-electron chi connectivity index (χ2n) is 7.39. The van der Waals surface area contributed by atoms with E-state index >= 15 is 0 Å². The highest BCUT2D eigenvalue weighted by Crippen LogP contribution is 2.42. The van der Waals surface area contributed by atoms with Crippen molar-refractivity contribution in [2.75, 3.05) is 5.32 Å². The number of nitrogens with zero attached hydrogens (tertiary/aromatic N) is 1. The second kappa shape index (κ2) is 6.85. The number of nitrogens with two attached hydrogens (primary N) is 2. The molecule has 2 bridgehead atoms. The summed E-state index contributed by atoms with van der Waals surface area (Å²) in [5.41, 5.74) is 13.4. The first-order chi connectivity index (χ1) is 12.5. The summed E-state index contributed by atoms with van der Waals surface area (Å²) in [6.07, 6.45) is 6.95. The van der Waals surface area contributed by atoms with Crippen LogP contribution < -0.4 is 16.8 Å². The molecule has 138 valence electrons. The van der Waals surface area contributed by atoms with E-state index in [0.717, 1.165) is 31.2 Å². The average molecular weight is 373 g/mol. The Morgan fingerprint density at radius 1 is 1.27 bits per heavy atom. The number of carbonyl (C=O) groups is 2. The molecule has 2 saturated carbocycles. The summed E-state index contributed by atoms with van der Waals surface area (Å²) < 4.78 is 0. The quantitative estimate of drug-likeness (QED) is 0.656. The molecule has 0 spiro atoms. The Balaban J connectivity index is 1.42. The topological polar surface area (TPSA) is 127 Å². The lowest BCUT2D eigenvalue weighted by molar-refractivity contribution is -0.122. The number of thiazole rings is 1. The van der Waals surface area contributed by atoms with Crippen molar-refractivity contribution < 1.29 is 9.59 Å². The maximum atomic E-state index is 12.7. The van der Waals surface area contributed by atoms with Crippen LogP contribution in [0.2, 0.25) is 0 Å². The van der Waals surface area contributed by atoms with E-state index in [4.69, 9.17) is 11.5 Å². The van der Waals surface area contributed by atoms with Gasteiger partial charge >= 0.3 is 0 Å². The van der Waals surface area contributed by atoms with E-state index in [1.54, 1.807) is 12.3 Å². The molecule has 2 atom stereocenters. The van der Waals surface area contributed by atoms with Gasteiger partial charge in [-0.25, -0.2) is 4.98 Å². The molecule has 2 aromatic heterocycles. The SMILES string of the molecule is NC(=O)c1cc(-c2csc(NC(=O)C3CC4CCCC(C3)C4N)n2)c[nH]1. The van der Waals surface area contributed by atoms with E-state index in [2.05, 4.69) is 15.3 Å². The van der Waals surface area contributed by atoms with Crippen LogP contribution in [0.4, 0.5) is 5.13 Å². The van der Waals surface area contributed by atoms with Crippen molar-refractivity contribution in [3.05, 3.63) is 23.3 Å². The average Bonchev–Trinajstić information content (AvgIpc) is 3.23. The van der Waals surface area contributed by atoms with Gasteiger partial charge in [-0.05, 0) is 43.6 Å². The molecule has 2 aliphatic carbocycles. The van der Waals surface area contributed by atoms with Crippen LogP contribution in [-0.2, 0) is 4.79 Å². The number of hydrogen-bond acceptors (Lipinski definition) is 5. The highest BCUT2D eigenvalue weighted by molar-refractivity contribution is 7.14. The lowest BCUT2D eigenvalue weighted by atomic mass is 9.65. The van der Waals surface area contributed by atoms with Crippen molar-refractivity contribution in [2.45, 2.75) is 38.1 Å². The van der Waals surface area contributed by atoms with Crippen LogP contribution in [0.25, 0.3) is 11.3 Å². The molecular formula is C18H23N5O2S. The minimum Gasteiger partial charge on any atom is -0.364 e. The molecule has 0 radical (unpaired) electrons. The first-order valence-corrected chi connectivity index (χ1v) is 9.90. The number of fused-ring (bicyclic) bond motifs is 2. The Labute approximate surface area is 155 Å². The van der Waals surface area contributed by atoms with Gasteiger partial charge in [0.1, 0.15) is 5.69 Å². The number of primary amides is 1. The van der Waals surface area contributed by atoms with Gasteiger partial charge in [-0.15, -0.1) is 11.3 Å². The molecule has 8 heteroatoms. The molecule has 7 nitrogen and oxygen atoms in total. The minimum absolute atomic E-state index is 0.0196. The van der Waals surface area contributed by atoms with Gasteiger partial charge in [0.25, 0.3) is 5.91 Å². The van der Waals surface area contributed by atoms with Gasteiger partial charge in [0.15, 0.2) is 5.13 Å². The van der Waals surface area contributed by atoms with Crippen LogP contribution in [0.5, 0.6) is 0 Å². The van der Waals surface area contributed by atoms with Crippen LogP contribution in [-0.4, -0.2) is 27.8 Å². The zero-order chi connectivity index (χ0) is 18.3. The molecular weight excluding hydrogens is 350 g/mol. The van der Waals surface area contributed by atoms with Crippen LogP contribution >= 0.6 is 11.3 Å². The fraction of sp³-hybridized carbons (Fsp3) is 0.500. The monoisotopic (exact) mass is 373 g/mol. The van der Waals surface area contributed by atoms with E-state index in [9.17, 15) is 9.59 Å².